The zero-order valence-corrected chi connectivity index (χ0v) is 13.1. The van der Waals surface area contributed by atoms with E-state index in [2.05, 4.69) is 40.0 Å². The molecule has 1 aliphatic heterocycles. The van der Waals surface area contributed by atoms with Crippen molar-refractivity contribution in [3.63, 3.8) is 0 Å². The summed E-state index contributed by atoms with van der Waals surface area (Å²) in [5.74, 6) is 2.12. The molecule has 0 radical (unpaired) electrons. The Kier molecular flexibility index (Phi) is 4.91. The molecule has 21 heavy (non-hydrogen) atoms. The molecule has 114 valence electrons. The molecule has 2 aromatic rings. The van der Waals surface area contributed by atoms with Gasteiger partial charge in [0, 0.05) is 6.42 Å². The minimum absolute atomic E-state index is 0.988. The molecule has 2 heterocycles. The van der Waals surface area contributed by atoms with Crippen molar-refractivity contribution in [1.82, 2.24) is 14.9 Å². The third-order valence-electron chi connectivity index (χ3n) is 4.73. The van der Waals surface area contributed by atoms with Crippen LogP contribution in [0.2, 0.25) is 0 Å². The van der Waals surface area contributed by atoms with Crippen LogP contribution in [0.1, 0.15) is 44.9 Å². The molecule has 0 amide bonds. The number of likely N-dealkylation sites (tertiary alicyclic amines) is 1. The Balaban J connectivity index is 1.42. The summed E-state index contributed by atoms with van der Waals surface area (Å²) in [6, 6.07) is 8.29. The van der Waals surface area contributed by atoms with Gasteiger partial charge in [-0.3, -0.25) is 0 Å². The maximum absolute atomic E-state index is 4.66. The zero-order chi connectivity index (χ0) is 14.5. The van der Waals surface area contributed by atoms with Crippen molar-refractivity contribution in [3.05, 3.63) is 30.1 Å². The van der Waals surface area contributed by atoms with Gasteiger partial charge in [0.25, 0.3) is 0 Å². The molecule has 1 N–H and O–H groups in total. The molecule has 0 aliphatic carbocycles. The van der Waals surface area contributed by atoms with Crippen molar-refractivity contribution in [2.45, 2.75) is 45.4 Å². The molecule has 0 unspecified atom stereocenters. The molecule has 0 bridgehead atoms. The van der Waals surface area contributed by atoms with Crippen molar-refractivity contribution in [3.8, 4) is 0 Å². The van der Waals surface area contributed by atoms with Crippen LogP contribution in [0.5, 0.6) is 0 Å². The monoisotopic (exact) mass is 285 g/mol. The second-order valence-electron chi connectivity index (χ2n) is 6.38. The molecule has 3 heteroatoms. The number of piperidine rings is 1. The Morgan fingerprint density at radius 1 is 1.24 bits per heavy atom. The average Bonchev–Trinajstić information content (AvgIpc) is 2.92. The predicted molar refractivity (Wildman–Crippen MR) is 88.5 cm³/mol. The number of fused-ring (bicyclic) bond motifs is 1. The van der Waals surface area contributed by atoms with Crippen LogP contribution >= 0.6 is 0 Å². The molecule has 0 atom stereocenters. The van der Waals surface area contributed by atoms with Gasteiger partial charge in [-0.2, -0.15) is 0 Å². The van der Waals surface area contributed by atoms with Crippen LogP contribution in [-0.4, -0.2) is 34.5 Å². The highest BCUT2D eigenvalue weighted by molar-refractivity contribution is 5.74. The number of benzene rings is 1. The number of aromatic nitrogens is 2. The number of nitrogens with one attached hydrogen (secondary N) is 1. The number of nitrogens with zero attached hydrogens (tertiary/aromatic N) is 2. The van der Waals surface area contributed by atoms with E-state index in [1.807, 2.05) is 6.07 Å². The molecule has 0 spiro atoms. The van der Waals surface area contributed by atoms with Gasteiger partial charge >= 0.3 is 0 Å². The van der Waals surface area contributed by atoms with Crippen LogP contribution in [0.15, 0.2) is 24.3 Å². The van der Waals surface area contributed by atoms with Crippen molar-refractivity contribution < 1.29 is 0 Å². The molecule has 0 saturated carbocycles. The lowest BCUT2D eigenvalue weighted by Gasteiger charge is -2.31. The van der Waals surface area contributed by atoms with Gasteiger partial charge in [-0.25, -0.2) is 4.98 Å². The second kappa shape index (κ2) is 7.08. The third-order valence-corrected chi connectivity index (χ3v) is 4.73. The fourth-order valence-corrected chi connectivity index (χ4v) is 3.50. The summed E-state index contributed by atoms with van der Waals surface area (Å²) in [4.78, 5) is 10.7. The zero-order valence-electron chi connectivity index (χ0n) is 13.1. The van der Waals surface area contributed by atoms with E-state index in [0.29, 0.717) is 0 Å². The van der Waals surface area contributed by atoms with E-state index in [-0.39, 0.29) is 0 Å². The Morgan fingerprint density at radius 3 is 2.81 bits per heavy atom. The summed E-state index contributed by atoms with van der Waals surface area (Å²) in [6.07, 6.45) is 7.84. The second-order valence-corrected chi connectivity index (χ2v) is 6.38. The summed E-state index contributed by atoms with van der Waals surface area (Å²) >= 11 is 0. The van der Waals surface area contributed by atoms with E-state index in [9.17, 15) is 0 Å². The molecular weight excluding hydrogens is 258 g/mol. The quantitative estimate of drug-likeness (QED) is 0.869. The van der Waals surface area contributed by atoms with Crippen molar-refractivity contribution >= 4 is 11.0 Å². The van der Waals surface area contributed by atoms with Crippen LogP contribution < -0.4 is 0 Å². The summed E-state index contributed by atoms with van der Waals surface area (Å²) in [5, 5.41) is 0. The number of imidazole rings is 1. The minimum Gasteiger partial charge on any atom is -0.342 e. The largest absolute Gasteiger partial charge is 0.342 e. The molecule has 1 aromatic carbocycles. The molecule has 3 rings (SSSR count). The lowest BCUT2D eigenvalue weighted by Crippen LogP contribution is -2.34. The lowest BCUT2D eigenvalue weighted by atomic mass is 9.92. The van der Waals surface area contributed by atoms with E-state index in [0.717, 1.165) is 29.2 Å². The van der Waals surface area contributed by atoms with Crippen LogP contribution in [0, 0.1) is 5.92 Å². The smallest absolute Gasteiger partial charge is 0.107 e. The molecule has 1 aromatic heterocycles. The van der Waals surface area contributed by atoms with E-state index in [1.165, 1.54) is 51.7 Å². The summed E-state index contributed by atoms with van der Waals surface area (Å²) in [6.45, 7) is 6.12. The van der Waals surface area contributed by atoms with Gasteiger partial charge in [-0.1, -0.05) is 31.9 Å². The summed E-state index contributed by atoms with van der Waals surface area (Å²) in [5.41, 5.74) is 2.25. The van der Waals surface area contributed by atoms with Gasteiger partial charge in [0.15, 0.2) is 0 Å². The molecular formula is C18H27N3. The Hall–Kier alpha value is -1.35. The first kappa shape index (κ1) is 14.6. The average molecular weight is 285 g/mol. The normalized spacial score (nSPS) is 17.6. The first-order valence-corrected chi connectivity index (χ1v) is 8.51. The number of rotatable bonds is 6. The molecule has 1 saturated heterocycles. The highest BCUT2D eigenvalue weighted by Crippen LogP contribution is 2.21. The predicted octanol–water partition coefficient (Wildman–Crippen LogP) is 4.01. The number of aryl methyl sites for hydroxylation is 1. The highest BCUT2D eigenvalue weighted by Gasteiger charge is 2.17. The van der Waals surface area contributed by atoms with Crippen molar-refractivity contribution in [2.75, 3.05) is 19.6 Å². The first-order chi connectivity index (χ1) is 10.3. The van der Waals surface area contributed by atoms with Gasteiger partial charge in [-0.05, 0) is 56.9 Å². The standard InChI is InChI=1S/C18H27N3/c1-2-6-15-10-13-21(14-11-15)12-5-9-18-19-16-7-3-4-8-17(16)20-18/h3-4,7-8,15H,2,5-6,9-14H2,1H3,(H,19,20). The Morgan fingerprint density at radius 2 is 2.05 bits per heavy atom. The van der Waals surface area contributed by atoms with Crippen molar-refractivity contribution in [1.29, 1.82) is 0 Å². The van der Waals surface area contributed by atoms with E-state index in [1.54, 1.807) is 0 Å². The maximum Gasteiger partial charge on any atom is 0.107 e. The van der Waals surface area contributed by atoms with Crippen LogP contribution in [0.3, 0.4) is 0 Å². The van der Waals surface area contributed by atoms with E-state index < -0.39 is 0 Å². The van der Waals surface area contributed by atoms with E-state index in [4.69, 9.17) is 0 Å². The van der Waals surface area contributed by atoms with Crippen molar-refractivity contribution in [2.24, 2.45) is 5.92 Å². The Bertz CT molecular complexity index is 519. The lowest BCUT2D eigenvalue weighted by molar-refractivity contribution is 0.177. The van der Waals surface area contributed by atoms with E-state index >= 15 is 0 Å². The molecule has 1 fully saturated rings. The van der Waals surface area contributed by atoms with Gasteiger partial charge in [-0.15, -0.1) is 0 Å². The van der Waals surface area contributed by atoms with Crippen LogP contribution in [-0.2, 0) is 6.42 Å². The fraction of sp³-hybridized carbons (Fsp3) is 0.611. The topological polar surface area (TPSA) is 31.9 Å². The number of H-pyrrole nitrogens is 1. The summed E-state index contributed by atoms with van der Waals surface area (Å²) < 4.78 is 0. The minimum atomic E-state index is 0.988. The van der Waals surface area contributed by atoms with Gasteiger partial charge in [0.2, 0.25) is 0 Å². The third kappa shape index (κ3) is 3.85. The maximum atomic E-state index is 4.66. The fourth-order valence-electron chi connectivity index (χ4n) is 3.50. The number of aromatic amines is 1. The number of hydrogen-bond acceptors (Lipinski definition) is 2. The molecule has 3 nitrogen and oxygen atoms in total. The molecule has 1 aliphatic rings. The Labute approximate surface area is 127 Å². The van der Waals surface area contributed by atoms with Crippen LogP contribution in [0.4, 0.5) is 0 Å². The van der Waals surface area contributed by atoms with Gasteiger partial charge in [0.1, 0.15) is 5.82 Å². The summed E-state index contributed by atoms with van der Waals surface area (Å²) in [7, 11) is 0. The van der Waals surface area contributed by atoms with Gasteiger partial charge < -0.3 is 9.88 Å². The highest BCUT2D eigenvalue weighted by atomic mass is 15.1. The van der Waals surface area contributed by atoms with Crippen LogP contribution in [0.25, 0.3) is 11.0 Å². The van der Waals surface area contributed by atoms with Gasteiger partial charge in [0.05, 0.1) is 11.0 Å². The number of para-hydroxylation sites is 2. The SMILES string of the molecule is CCCC1CCN(CCCc2nc3ccccc3[nH]2)CC1. The first-order valence-electron chi connectivity index (χ1n) is 8.51. The number of hydrogen-bond donors (Lipinski definition) is 1.